The molecule has 1 N–H and O–H groups in total. The third kappa shape index (κ3) is 4.72. The second-order valence-electron chi connectivity index (χ2n) is 4.68. The molecule has 1 unspecified atom stereocenters. The first-order valence-electron chi connectivity index (χ1n) is 6.47. The van der Waals surface area contributed by atoms with Crippen LogP contribution in [0.1, 0.15) is 36.7 Å². The molecule has 1 atom stereocenters. The molecule has 0 bridgehead atoms. The van der Waals surface area contributed by atoms with E-state index in [4.69, 9.17) is 10.00 Å². The van der Waals surface area contributed by atoms with Gasteiger partial charge >= 0.3 is 0 Å². The third-order valence-electron chi connectivity index (χ3n) is 2.88. The highest BCUT2D eigenvalue weighted by molar-refractivity contribution is 5.94. The number of rotatable bonds is 6. The van der Waals surface area contributed by atoms with Gasteiger partial charge in [-0.15, -0.1) is 0 Å². The number of benzene rings is 1. The van der Waals surface area contributed by atoms with Crippen LogP contribution in [0.4, 0.5) is 0 Å². The normalized spacial score (nSPS) is 11.9. The van der Waals surface area contributed by atoms with Crippen molar-refractivity contribution in [1.29, 1.82) is 5.26 Å². The average Bonchev–Trinajstić information content (AvgIpc) is 2.42. The lowest BCUT2D eigenvalue weighted by Crippen LogP contribution is -2.41. The Labute approximate surface area is 114 Å². The highest BCUT2D eigenvalue weighted by Crippen LogP contribution is 2.07. The van der Waals surface area contributed by atoms with Gasteiger partial charge in [-0.1, -0.05) is 19.9 Å². The van der Waals surface area contributed by atoms with E-state index in [9.17, 15) is 4.79 Å². The van der Waals surface area contributed by atoms with Crippen molar-refractivity contribution >= 4 is 5.91 Å². The molecule has 0 aliphatic carbocycles. The molecule has 0 spiro atoms. The quantitative estimate of drug-likeness (QED) is 0.854. The Morgan fingerprint density at radius 2 is 2.21 bits per heavy atom. The number of ether oxygens (including phenoxy) is 1. The molecule has 0 aliphatic heterocycles. The molecule has 0 fully saturated rings. The number of hydrogen-bond acceptors (Lipinski definition) is 3. The molecule has 1 aromatic carbocycles. The van der Waals surface area contributed by atoms with Gasteiger partial charge in [0, 0.05) is 12.2 Å². The minimum absolute atomic E-state index is 0.0295. The molecule has 0 aromatic heterocycles. The van der Waals surface area contributed by atoms with Crippen molar-refractivity contribution in [3.05, 3.63) is 35.4 Å². The molecule has 0 saturated heterocycles. The summed E-state index contributed by atoms with van der Waals surface area (Å²) in [4.78, 5) is 12.1. The highest BCUT2D eigenvalue weighted by atomic mass is 16.5. The Bertz CT molecular complexity index is 463. The summed E-state index contributed by atoms with van der Waals surface area (Å²) >= 11 is 0. The number of nitrogens with zero attached hydrogens (tertiary/aromatic N) is 1. The van der Waals surface area contributed by atoms with Gasteiger partial charge < -0.3 is 10.1 Å². The topological polar surface area (TPSA) is 62.1 Å². The Balaban J connectivity index is 2.73. The summed E-state index contributed by atoms with van der Waals surface area (Å²) in [7, 11) is 0. The van der Waals surface area contributed by atoms with Crippen LogP contribution in [0.3, 0.4) is 0 Å². The number of carbonyl (C=O) groups excluding carboxylic acids is 1. The number of carbonyl (C=O) groups is 1. The first-order valence-corrected chi connectivity index (χ1v) is 6.47. The van der Waals surface area contributed by atoms with E-state index in [2.05, 4.69) is 5.32 Å². The van der Waals surface area contributed by atoms with Crippen LogP contribution in [0.15, 0.2) is 24.3 Å². The predicted molar refractivity (Wildman–Crippen MR) is 73.7 cm³/mol. The van der Waals surface area contributed by atoms with Crippen LogP contribution in [0, 0.1) is 17.2 Å². The molecule has 4 nitrogen and oxygen atoms in total. The molecule has 0 heterocycles. The lowest BCUT2D eigenvalue weighted by molar-refractivity contribution is 0.0806. The van der Waals surface area contributed by atoms with Crippen molar-refractivity contribution in [3.63, 3.8) is 0 Å². The largest absolute Gasteiger partial charge is 0.380 e. The van der Waals surface area contributed by atoms with Crippen molar-refractivity contribution in [2.45, 2.75) is 26.8 Å². The summed E-state index contributed by atoms with van der Waals surface area (Å²) in [6.07, 6.45) is 0. The smallest absolute Gasteiger partial charge is 0.251 e. The van der Waals surface area contributed by atoms with Gasteiger partial charge in [-0.2, -0.15) is 5.26 Å². The second-order valence-corrected chi connectivity index (χ2v) is 4.68. The lowest BCUT2D eigenvalue weighted by atomic mass is 10.0. The molecular weight excluding hydrogens is 240 g/mol. The molecule has 1 amide bonds. The van der Waals surface area contributed by atoms with E-state index in [0.29, 0.717) is 24.3 Å². The van der Waals surface area contributed by atoms with Crippen LogP contribution >= 0.6 is 0 Å². The monoisotopic (exact) mass is 260 g/mol. The summed E-state index contributed by atoms with van der Waals surface area (Å²) < 4.78 is 5.37. The maximum atomic E-state index is 12.1. The van der Waals surface area contributed by atoms with E-state index in [0.717, 1.165) is 0 Å². The van der Waals surface area contributed by atoms with E-state index in [1.54, 1.807) is 24.3 Å². The first kappa shape index (κ1) is 15.2. The van der Waals surface area contributed by atoms with Gasteiger partial charge in [0.05, 0.1) is 24.3 Å². The average molecular weight is 260 g/mol. The second kappa shape index (κ2) is 7.55. The minimum Gasteiger partial charge on any atom is -0.380 e. The van der Waals surface area contributed by atoms with E-state index in [1.165, 1.54) is 0 Å². The number of hydrogen-bond donors (Lipinski definition) is 1. The maximum absolute atomic E-state index is 12.1. The van der Waals surface area contributed by atoms with Gasteiger partial charge in [-0.25, -0.2) is 0 Å². The molecule has 0 radical (unpaired) electrons. The molecule has 4 heteroatoms. The maximum Gasteiger partial charge on any atom is 0.251 e. The van der Waals surface area contributed by atoms with Crippen LogP contribution < -0.4 is 5.32 Å². The van der Waals surface area contributed by atoms with Crippen molar-refractivity contribution in [1.82, 2.24) is 5.32 Å². The summed E-state index contributed by atoms with van der Waals surface area (Å²) in [5, 5.41) is 11.8. The summed E-state index contributed by atoms with van der Waals surface area (Å²) in [5.41, 5.74) is 0.986. The minimum atomic E-state index is -0.171. The zero-order valence-corrected chi connectivity index (χ0v) is 11.6. The number of nitriles is 1. The lowest BCUT2D eigenvalue weighted by Gasteiger charge is -2.22. The number of nitrogens with one attached hydrogen (secondary N) is 1. The van der Waals surface area contributed by atoms with Crippen molar-refractivity contribution in [2.75, 3.05) is 13.2 Å². The highest BCUT2D eigenvalue weighted by Gasteiger charge is 2.17. The summed E-state index contributed by atoms with van der Waals surface area (Å²) in [5.74, 6) is 0.116. The van der Waals surface area contributed by atoms with Crippen molar-refractivity contribution < 1.29 is 9.53 Å². The molecule has 1 aromatic rings. The third-order valence-corrected chi connectivity index (χ3v) is 2.88. The standard InChI is InChI=1S/C15H20N2O2/c1-4-19-10-14(11(2)3)17-15(18)13-7-5-6-12(8-13)9-16/h5-8,11,14H,4,10H2,1-3H3,(H,17,18). The predicted octanol–water partition coefficient (Wildman–Crippen LogP) is 2.35. The Morgan fingerprint density at radius 1 is 1.47 bits per heavy atom. The zero-order chi connectivity index (χ0) is 14.3. The van der Waals surface area contributed by atoms with Gasteiger partial charge in [0.2, 0.25) is 0 Å². The van der Waals surface area contributed by atoms with E-state index < -0.39 is 0 Å². The zero-order valence-electron chi connectivity index (χ0n) is 11.6. The van der Waals surface area contributed by atoms with E-state index in [-0.39, 0.29) is 17.9 Å². The fraction of sp³-hybridized carbons (Fsp3) is 0.467. The van der Waals surface area contributed by atoms with Gasteiger partial charge in [-0.3, -0.25) is 4.79 Å². The molecule has 19 heavy (non-hydrogen) atoms. The van der Waals surface area contributed by atoms with Gasteiger partial charge in [-0.05, 0) is 31.0 Å². The van der Waals surface area contributed by atoms with Crippen LogP contribution in [0.2, 0.25) is 0 Å². The Morgan fingerprint density at radius 3 is 2.79 bits per heavy atom. The van der Waals surface area contributed by atoms with Crippen LogP contribution in [0.5, 0.6) is 0 Å². The fourth-order valence-electron chi connectivity index (χ4n) is 1.63. The molecule has 102 valence electrons. The Kier molecular flexibility index (Phi) is 6.04. The molecule has 0 saturated carbocycles. The fourth-order valence-corrected chi connectivity index (χ4v) is 1.63. The van der Waals surface area contributed by atoms with Crippen LogP contribution in [0.25, 0.3) is 0 Å². The Hall–Kier alpha value is -1.86. The summed E-state index contributed by atoms with van der Waals surface area (Å²) in [6, 6.07) is 8.68. The van der Waals surface area contributed by atoms with E-state index in [1.807, 2.05) is 26.8 Å². The van der Waals surface area contributed by atoms with Crippen LogP contribution in [-0.2, 0) is 4.74 Å². The molecular formula is C15H20N2O2. The molecule has 0 aliphatic rings. The first-order chi connectivity index (χ1) is 9.08. The van der Waals surface area contributed by atoms with Crippen LogP contribution in [-0.4, -0.2) is 25.2 Å². The SMILES string of the molecule is CCOCC(NC(=O)c1cccc(C#N)c1)C(C)C. The van der Waals surface area contributed by atoms with Gasteiger partial charge in [0.1, 0.15) is 0 Å². The summed E-state index contributed by atoms with van der Waals surface area (Å²) in [6.45, 7) is 7.13. The van der Waals surface area contributed by atoms with Gasteiger partial charge in [0.25, 0.3) is 5.91 Å². The van der Waals surface area contributed by atoms with Gasteiger partial charge in [0.15, 0.2) is 0 Å². The van der Waals surface area contributed by atoms with Crippen molar-refractivity contribution in [2.24, 2.45) is 5.92 Å². The molecule has 1 rings (SSSR count). The van der Waals surface area contributed by atoms with E-state index >= 15 is 0 Å². The number of amides is 1. The van der Waals surface area contributed by atoms with Crippen molar-refractivity contribution in [3.8, 4) is 6.07 Å².